The zero-order chi connectivity index (χ0) is 15.1. The molecular weight excluding hydrogens is 310 g/mol. The van der Waals surface area contributed by atoms with E-state index >= 15 is 0 Å². The Bertz CT molecular complexity index is 635. The summed E-state index contributed by atoms with van der Waals surface area (Å²) in [6, 6.07) is 3.33. The van der Waals surface area contributed by atoms with Gasteiger partial charge in [-0.25, -0.2) is 18.1 Å². The van der Waals surface area contributed by atoms with Gasteiger partial charge < -0.3 is 9.67 Å². The van der Waals surface area contributed by atoms with Crippen LogP contribution in [0.2, 0.25) is 0 Å². The highest BCUT2D eigenvalue weighted by Gasteiger charge is 2.15. The van der Waals surface area contributed by atoms with Crippen molar-refractivity contribution in [1.82, 2.24) is 14.3 Å². The van der Waals surface area contributed by atoms with Crippen molar-refractivity contribution in [2.45, 2.75) is 30.0 Å². The van der Waals surface area contributed by atoms with Crippen molar-refractivity contribution in [3.8, 4) is 0 Å². The summed E-state index contributed by atoms with van der Waals surface area (Å²) in [6.45, 7) is 1.29. The molecule has 0 saturated heterocycles. The molecule has 21 heavy (non-hydrogen) atoms. The molecular formula is C13H19N3O3S2. The number of unbranched alkanes of at least 4 members (excludes halogenated alkanes) is 1. The lowest BCUT2D eigenvalue weighted by Crippen LogP contribution is -2.24. The molecule has 0 aliphatic heterocycles. The maximum absolute atomic E-state index is 12.1. The Labute approximate surface area is 128 Å². The number of aliphatic hydroxyl groups excluding tert-OH is 1. The first kappa shape index (κ1) is 16.2. The van der Waals surface area contributed by atoms with Crippen molar-refractivity contribution in [2.24, 2.45) is 0 Å². The second-order valence-electron chi connectivity index (χ2n) is 4.60. The first-order chi connectivity index (χ1) is 10.1. The van der Waals surface area contributed by atoms with Crippen LogP contribution in [0.25, 0.3) is 0 Å². The maximum Gasteiger partial charge on any atom is 0.250 e. The van der Waals surface area contributed by atoms with E-state index in [1.54, 1.807) is 24.7 Å². The van der Waals surface area contributed by atoms with Gasteiger partial charge in [0.05, 0.1) is 6.33 Å². The Hall–Kier alpha value is -1.22. The van der Waals surface area contributed by atoms with Crippen LogP contribution in [-0.2, 0) is 23.0 Å². The zero-order valence-electron chi connectivity index (χ0n) is 11.6. The number of rotatable bonds is 9. The molecule has 0 spiro atoms. The van der Waals surface area contributed by atoms with Gasteiger partial charge in [-0.2, -0.15) is 0 Å². The Kier molecular flexibility index (Phi) is 5.92. The Balaban J connectivity index is 1.75. The van der Waals surface area contributed by atoms with Crippen LogP contribution in [0.4, 0.5) is 0 Å². The van der Waals surface area contributed by atoms with Gasteiger partial charge in [-0.1, -0.05) is 0 Å². The van der Waals surface area contributed by atoms with Gasteiger partial charge in [-0.05, 0) is 25.0 Å². The van der Waals surface area contributed by atoms with Crippen molar-refractivity contribution < 1.29 is 13.5 Å². The van der Waals surface area contributed by atoms with Crippen LogP contribution >= 0.6 is 11.3 Å². The molecule has 2 aromatic heterocycles. The predicted molar refractivity (Wildman–Crippen MR) is 81.8 cm³/mol. The van der Waals surface area contributed by atoms with E-state index in [9.17, 15) is 8.42 Å². The van der Waals surface area contributed by atoms with E-state index in [2.05, 4.69) is 9.71 Å². The minimum Gasteiger partial charge on any atom is -0.396 e. The zero-order valence-corrected chi connectivity index (χ0v) is 13.2. The molecule has 0 aliphatic carbocycles. The molecule has 116 valence electrons. The third-order valence-electron chi connectivity index (χ3n) is 2.95. The molecule has 0 aliphatic rings. The van der Waals surface area contributed by atoms with Gasteiger partial charge in [0.2, 0.25) is 10.0 Å². The molecule has 0 aromatic carbocycles. The highest BCUT2D eigenvalue weighted by molar-refractivity contribution is 7.91. The highest BCUT2D eigenvalue weighted by Crippen LogP contribution is 2.21. The molecule has 6 nitrogen and oxygen atoms in total. The number of aromatic nitrogens is 2. The van der Waals surface area contributed by atoms with Crippen molar-refractivity contribution >= 4 is 21.4 Å². The molecule has 2 aromatic rings. The predicted octanol–water partition coefficient (Wildman–Crippen LogP) is 1.24. The summed E-state index contributed by atoms with van der Waals surface area (Å²) >= 11 is 1.20. The average molecular weight is 329 g/mol. The molecule has 8 heteroatoms. The monoisotopic (exact) mass is 329 g/mol. The number of thiophene rings is 1. The van der Waals surface area contributed by atoms with Gasteiger partial charge in [0.15, 0.2) is 0 Å². The number of hydrogen-bond acceptors (Lipinski definition) is 5. The molecule has 2 heterocycles. The summed E-state index contributed by atoms with van der Waals surface area (Å²) in [7, 11) is -3.42. The Morgan fingerprint density at radius 1 is 1.33 bits per heavy atom. The minimum atomic E-state index is -3.42. The lowest BCUT2D eigenvalue weighted by Gasteiger charge is -2.05. The molecule has 2 rings (SSSR count). The Morgan fingerprint density at radius 3 is 2.90 bits per heavy atom. The summed E-state index contributed by atoms with van der Waals surface area (Å²) in [5, 5.41) is 8.85. The lowest BCUT2D eigenvalue weighted by molar-refractivity contribution is 0.300. The van der Waals surface area contributed by atoms with Gasteiger partial charge >= 0.3 is 0 Å². The fraction of sp³-hybridized carbons (Fsp3) is 0.462. The fourth-order valence-electron chi connectivity index (χ4n) is 1.86. The standard InChI is InChI=1S/C13H19N3O3S2/c17-10-5-12-3-4-13(20-12)21(18,19)15-6-1-2-8-16-9-7-14-11-16/h3-4,7,9,11,15,17H,1-2,5-6,8,10H2. The first-order valence-electron chi connectivity index (χ1n) is 6.77. The molecule has 0 atom stereocenters. The van der Waals surface area contributed by atoms with Gasteiger partial charge in [0, 0.05) is 43.4 Å². The van der Waals surface area contributed by atoms with Crippen LogP contribution in [0.1, 0.15) is 17.7 Å². The summed E-state index contributed by atoms with van der Waals surface area (Å²) < 4.78 is 29.0. The van der Waals surface area contributed by atoms with E-state index in [0.717, 1.165) is 24.3 Å². The summed E-state index contributed by atoms with van der Waals surface area (Å²) in [5.74, 6) is 0. The summed E-state index contributed by atoms with van der Waals surface area (Å²) in [5.41, 5.74) is 0. The minimum absolute atomic E-state index is 0.0294. The molecule has 0 fully saturated rings. The third-order valence-corrected chi connectivity index (χ3v) is 6.05. The van der Waals surface area contributed by atoms with Crippen molar-refractivity contribution in [3.63, 3.8) is 0 Å². The van der Waals surface area contributed by atoms with Crippen LogP contribution in [0.5, 0.6) is 0 Å². The lowest BCUT2D eigenvalue weighted by atomic mass is 10.3. The molecule has 0 saturated carbocycles. The van der Waals surface area contributed by atoms with E-state index in [-0.39, 0.29) is 6.61 Å². The number of hydrogen-bond donors (Lipinski definition) is 2. The molecule has 2 N–H and O–H groups in total. The van der Waals surface area contributed by atoms with Gasteiger partial charge in [-0.15, -0.1) is 11.3 Å². The quantitative estimate of drug-likeness (QED) is 0.678. The number of nitrogens with one attached hydrogen (secondary N) is 1. The molecule has 0 radical (unpaired) electrons. The summed E-state index contributed by atoms with van der Waals surface area (Å²) in [4.78, 5) is 4.83. The topological polar surface area (TPSA) is 84.2 Å². The van der Waals surface area contributed by atoms with Gasteiger partial charge in [-0.3, -0.25) is 0 Å². The fourth-order valence-corrected chi connectivity index (χ4v) is 4.33. The SMILES string of the molecule is O=S(=O)(NCCCCn1ccnc1)c1ccc(CCO)s1. The van der Waals surface area contributed by atoms with Crippen LogP contribution in [-0.4, -0.2) is 36.2 Å². The smallest absolute Gasteiger partial charge is 0.250 e. The first-order valence-corrected chi connectivity index (χ1v) is 9.07. The average Bonchev–Trinajstić information content (AvgIpc) is 3.10. The van der Waals surface area contributed by atoms with Crippen LogP contribution in [0, 0.1) is 0 Å². The third kappa shape index (κ3) is 4.92. The number of aliphatic hydroxyl groups is 1. The molecule has 0 amide bonds. The number of aryl methyl sites for hydroxylation is 1. The van der Waals surface area contributed by atoms with E-state index in [1.807, 2.05) is 10.8 Å². The van der Waals surface area contributed by atoms with E-state index in [0.29, 0.717) is 17.2 Å². The largest absolute Gasteiger partial charge is 0.396 e. The van der Waals surface area contributed by atoms with Crippen LogP contribution < -0.4 is 4.72 Å². The van der Waals surface area contributed by atoms with Crippen LogP contribution in [0.3, 0.4) is 0 Å². The van der Waals surface area contributed by atoms with E-state index in [1.165, 1.54) is 11.3 Å². The second-order valence-corrected chi connectivity index (χ2v) is 7.76. The molecule has 0 bridgehead atoms. The normalized spacial score (nSPS) is 11.9. The number of imidazole rings is 1. The van der Waals surface area contributed by atoms with E-state index < -0.39 is 10.0 Å². The second kappa shape index (κ2) is 7.69. The summed E-state index contributed by atoms with van der Waals surface area (Å²) in [6.07, 6.45) is 7.51. The van der Waals surface area contributed by atoms with Gasteiger partial charge in [0.1, 0.15) is 4.21 Å². The van der Waals surface area contributed by atoms with Crippen molar-refractivity contribution in [1.29, 1.82) is 0 Å². The van der Waals surface area contributed by atoms with Crippen LogP contribution in [0.15, 0.2) is 35.1 Å². The highest BCUT2D eigenvalue weighted by atomic mass is 32.2. The van der Waals surface area contributed by atoms with Gasteiger partial charge in [0.25, 0.3) is 0 Å². The Morgan fingerprint density at radius 2 is 2.19 bits per heavy atom. The van der Waals surface area contributed by atoms with Crippen molar-refractivity contribution in [3.05, 3.63) is 35.7 Å². The van der Waals surface area contributed by atoms with E-state index in [4.69, 9.17) is 5.11 Å². The van der Waals surface area contributed by atoms with Crippen molar-refractivity contribution in [2.75, 3.05) is 13.2 Å². The molecule has 0 unspecified atom stereocenters. The number of nitrogens with zero attached hydrogens (tertiary/aromatic N) is 2. The number of sulfonamides is 1. The maximum atomic E-state index is 12.1.